The molecule has 9 heteroatoms. The van der Waals surface area contributed by atoms with Crippen molar-refractivity contribution >= 4 is 12.0 Å². The molecule has 1 aliphatic heterocycles. The maximum atomic E-state index is 12.4. The number of likely N-dealkylation sites (tertiary alicyclic amines) is 1. The average molecular weight is 367 g/mol. The molecule has 1 saturated heterocycles. The molecule has 4 rings (SSSR count). The van der Waals surface area contributed by atoms with Gasteiger partial charge in [0.1, 0.15) is 5.82 Å². The van der Waals surface area contributed by atoms with E-state index in [-0.39, 0.29) is 11.9 Å². The number of hydrogen-bond acceptors (Lipinski definition) is 6. The number of anilines is 1. The fourth-order valence-corrected chi connectivity index (χ4v) is 3.13. The molecule has 0 bridgehead atoms. The molecular formula is C18H21N7O2. The molecule has 0 aliphatic carbocycles. The van der Waals surface area contributed by atoms with Crippen LogP contribution in [0.5, 0.6) is 0 Å². The summed E-state index contributed by atoms with van der Waals surface area (Å²) in [6.07, 6.45) is 1.55. The molecule has 0 unspecified atom stereocenters. The molecule has 0 saturated carbocycles. The SMILES string of the molecule is Cc1nc(NC(=O)N2CCC(c3nc(-c4ccccc4)no3)CC2)nn1C. The predicted molar refractivity (Wildman–Crippen MR) is 98.0 cm³/mol. The Balaban J connectivity index is 1.35. The van der Waals surface area contributed by atoms with Gasteiger partial charge in [0.05, 0.1) is 0 Å². The standard InChI is InChI=1S/C18H21N7O2/c1-12-19-17(22-24(12)2)21-18(26)25-10-8-14(9-11-25)16-20-15(23-27-16)13-6-4-3-5-7-13/h3-7,14H,8-11H2,1-2H3,(H,21,22,26). The van der Waals surface area contributed by atoms with Crippen LogP contribution in [-0.4, -0.2) is 48.9 Å². The van der Waals surface area contributed by atoms with Gasteiger partial charge in [-0.3, -0.25) is 10.00 Å². The second-order valence-corrected chi connectivity index (χ2v) is 6.62. The van der Waals surface area contributed by atoms with Crippen molar-refractivity contribution in [1.82, 2.24) is 29.8 Å². The molecule has 0 atom stereocenters. The highest BCUT2D eigenvalue weighted by atomic mass is 16.5. The number of benzene rings is 1. The third-order valence-electron chi connectivity index (χ3n) is 4.80. The van der Waals surface area contributed by atoms with Crippen LogP contribution < -0.4 is 5.32 Å². The Morgan fingerprint density at radius 1 is 1.19 bits per heavy atom. The van der Waals surface area contributed by atoms with Crippen LogP contribution in [0, 0.1) is 6.92 Å². The first kappa shape index (κ1) is 17.2. The number of rotatable bonds is 3. The highest BCUT2D eigenvalue weighted by molar-refractivity contribution is 5.87. The van der Waals surface area contributed by atoms with Gasteiger partial charge in [-0.25, -0.2) is 4.79 Å². The molecule has 1 aromatic carbocycles. The van der Waals surface area contributed by atoms with E-state index in [1.165, 1.54) is 0 Å². The summed E-state index contributed by atoms with van der Waals surface area (Å²) >= 11 is 0. The Kier molecular flexibility index (Phi) is 4.57. The summed E-state index contributed by atoms with van der Waals surface area (Å²) in [5.41, 5.74) is 0.933. The summed E-state index contributed by atoms with van der Waals surface area (Å²) in [4.78, 5) is 22.9. The fourth-order valence-electron chi connectivity index (χ4n) is 3.13. The first-order valence-corrected chi connectivity index (χ1v) is 8.93. The molecule has 27 heavy (non-hydrogen) atoms. The highest BCUT2D eigenvalue weighted by Crippen LogP contribution is 2.28. The maximum absolute atomic E-state index is 12.4. The number of amides is 2. The third-order valence-corrected chi connectivity index (χ3v) is 4.80. The molecule has 2 aromatic heterocycles. The summed E-state index contributed by atoms with van der Waals surface area (Å²) in [6.45, 7) is 3.07. The summed E-state index contributed by atoms with van der Waals surface area (Å²) in [5.74, 6) is 2.47. The highest BCUT2D eigenvalue weighted by Gasteiger charge is 2.28. The summed E-state index contributed by atoms with van der Waals surface area (Å²) in [6, 6.07) is 9.56. The number of piperidine rings is 1. The van der Waals surface area contributed by atoms with Gasteiger partial charge in [-0.15, -0.1) is 5.10 Å². The zero-order valence-electron chi connectivity index (χ0n) is 15.3. The molecule has 1 N–H and O–H groups in total. The van der Waals surface area contributed by atoms with E-state index in [1.54, 1.807) is 16.6 Å². The molecule has 1 fully saturated rings. The van der Waals surface area contributed by atoms with Crippen molar-refractivity contribution < 1.29 is 9.32 Å². The van der Waals surface area contributed by atoms with E-state index >= 15 is 0 Å². The van der Waals surface area contributed by atoms with Gasteiger partial charge in [-0.1, -0.05) is 35.5 Å². The van der Waals surface area contributed by atoms with E-state index in [0.29, 0.717) is 30.8 Å². The second kappa shape index (κ2) is 7.18. The molecule has 2 amide bonds. The topological polar surface area (TPSA) is 102 Å². The van der Waals surface area contributed by atoms with Crippen molar-refractivity contribution in [2.24, 2.45) is 7.05 Å². The first-order chi connectivity index (χ1) is 13.1. The van der Waals surface area contributed by atoms with E-state index in [9.17, 15) is 4.79 Å². The van der Waals surface area contributed by atoms with E-state index in [2.05, 4.69) is 25.5 Å². The molecule has 3 aromatic rings. The molecule has 1 aliphatic rings. The van der Waals surface area contributed by atoms with Crippen LogP contribution in [0.4, 0.5) is 10.7 Å². The first-order valence-electron chi connectivity index (χ1n) is 8.93. The minimum Gasteiger partial charge on any atom is -0.339 e. The number of aryl methyl sites for hydroxylation is 2. The molecular weight excluding hydrogens is 346 g/mol. The van der Waals surface area contributed by atoms with Crippen LogP contribution in [0.3, 0.4) is 0 Å². The Hall–Kier alpha value is -3.23. The van der Waals surface area contributed by atoms with Gasteiger partial charge < -0.3 is 9.42 Å². The van der Waals surface area contributed by atoms with Crippen molar-refractivity contribution in [3.8, 4) is 11.4 Å². The van der Waals surface area contributed by atoms with E-state index in [4.69, 9.17) is 4.52 Å². The Labute approximate surface area is 156 Å². The molecule has 0 spiro atoms. The van der Waals surface area contributed by atoms with E-state index in [1.807, 2.05) is 37.3 Å². The van der Waals surface area contributed by atoms with Crippen molar-refractivity contribution in [3.63, 3.8) is 0 Å². The molecule has 0 radical (unpaired) electrons. The van der Waals surface area contributed by atoms with Crippen LogP contribution in [-0.2, 0) is 7.05 Å². The third kappa shape index (κ3) is 3.67. The van der Waals surface area contributed by atoms with Gasteiger partial charge in [0.15, 0.2) is 0 Å². The Bertz CT molecular complexity index is 907. The largest absolute Gasteiger partial charge is 0.339 e. The van der Waals surface area contributed by atoms with Crippen LogP contribution >= 0.6 is 0 Å². The number of urea groups is 1. The molecule has 3 heterocycles. The van der Waals surface area contributed by atoms with Gasteiger partial charge in [0, 0.05) is 31.6 Å². The van der Waals surface area contributed by atoms with Gasteiger partial charge in [0.25, 0.3) is 0 Å². The van der Waals surface area contributed by atoms with Gasteiger partial charge in [-0.05, 0) is 19.8 Å². The van der Waals surface area contributed by atoms with Gasteiger partial charge in [0.2, 0.25) is 17.7 Å². The number of hydrogen-bond donors (Lipinski definition) is 1. The lowest BCUT2D eigenvalue weighted by molar-refractivity contribution is 0.187. The van der Waals surface area contributed by atoms with Crippen molar-refractivity contribution in [2.45, 2.75) is 25.7 Å². The normalized spacial score (nSPS) is 15.1. The molecule has 9 nitrogen and oxygen atoms in total. The van der Waals surface area contributed by atoms with Crippen molar-refractivity contribution in [3.05, 3.63) is 42.0 Å². The quantitative estimate of drug-likeness (QED) is 0.763. The second-order valence-electron chi connectivity index (χ2n) is 6.62. The monoisotopic (exact) mass is 367 g/mol. The number of aromatic nitrogens is 5. The van der Waals surface area contributed by atoms with E-state index < -0.39 is 0 Å². The fraction of sp³-hybridized carbons (Fsp3) is 0.389. The number of nitrogens with zero attached hydrogens (tertiary/aromatic N) is 6. The summed E-state index contributed by atoms with van der Waals surface area (Å²) < 4.78 is 7.09. The number of nitrogens with one attached hydrogen (secondary N) is 1. The zero-order chi connectivity index (χ0) is 18.8. The van der Waals surface area contributed by atoms with Gasteiger partial charge >= 0.3 is 6.03 Å². The Morgan fingerprint density at radius 2 is 1.93 bits per heavy atom. The maximum Gasteiger partial charge on any atom is 0.324 e. The van der Waals surface area contributed by atoms with Crippen LogP contribution in [0.25, 0.3) is 11.4 Å². The van der Waals surface area contributed by atoms with Gasteiger partial charge in [-0.2, -0.15) is 9.97 Å². The summed E-state index contributed by atoms with van der Waals surface area (Å²) in [5, 5.41) is 11.0. The molecule has 140 valence electrons. The number of carbonyl (C=O) groups is 1. The lowest BCUT2D eigenvalue weighted by atomic mass is 9.97. The summed E-state index contributed by atoms with van der Waals surface area (Å²) in [7, 11) is 1.79. The van der Waals surface area contributed by atoms with Crippen molar-refractivity contribution in [1.29, 1.82) is 0 Å². The van der Waals surface area contributed by atoms with Crippen LogP contribution in [0.1, 0.15) is 30.5 Å². The minimum absolute atomic E-state index is 0.161. The van der Waals surface area contributed by atoms with Crippen molar-refractivity contribution in [2.75, 3.05) is 18.4 Å². The van der Waals surface area contributed by atoms with E-state index in [0.717, 1.165) is 24.2 Å². The zero-order valence-corrected chi connectivity index (χ0v) is 15.3. The average Bonchev–Trinajstić information content (AvgIpc) is 3.30. The smallest absolute Gasteiger partial charge is 0.324 e. The predicted octanol–water partition coefficient (Wildman–Crippen LogP) is 2.59. The minimum atomic E-state index is -0.186. The van der Waals surface area contributed by atoms with Crippen LogP contribution in [0.15, 0.2) is 34.9 Å². The Morgan fingerprint density at radius 3 is 2.59 bits per heavy atom. The lowest BCUT2D eigenvalue weighted by Gasteiger charge is -2.29. The van der Waals surface area contributed by atoms with Crippen LogP contribution in [0.2, 0.25) is 0 Å². The number of carbonyl (C=O) groups excluding carboxylic acids is 1. The lowest BCUT2D eigenvalue weighted by Crippen LogP contribution is -2.40.